The Morgan fingerprint density at radius 2 is 0.417 bits per heavy atom. The zero-order valence-electron chi connectivity index (χ0n) is 6.51. The predicted molar refractivity (Wildman–Crippen MR) is 64.3 cm³/mol. The molecule has 0 atom stereocenters. The molecule has 0 N–H and O–H groups in total. The summed E-state index contributed by atoms with van der Waals surface area (Å²) in [6.45, 7) is 0. The van der Waals surface area contributed by atoms with Gasteiger partial charge in [-0.15, -0.1) is 69.6 Å². The molecular formula is C6H12Cl6. The van der Waals surface area contributed by atoms with Gasteiger partial charge in [-0.2, -0.15) is 0 Å². The summed E-state index contributed by atoms with van der Waals surface area (Å²) < 4.78 is 0. The molecule has 78 valence electrons. The van der Waals surface area contributed by atoms with Crippen molar-refractivity contribution in [1.82, 2.24) is 0 Å². The largest absolute Gasteiger partial charge is 0.125 e. The maximum absolute atomic E-state index is 5.05. The van der Waals surface area contributed by atoms with Gasteiger partial charge in [-0.3, -0.25) is 0 Å². The molecule has 0 aromatic rings. The normalized spacial score (nSPS) is 7.50. The summed E-state index contributed by atoms with van der Waals surface area (Å²) in [7, 11) is 0. The fourth-order valence-corrected chi connectivity index (χ4v) is 0. The summed E-state index contributed by atoms with van der Waals surface area (Å²) >= 11 is 30.3. The molecule has 0 amide bonds. The van der Waals surface area contributed by atoms with E-state index in [1.807, 2.05) is 0 Å². The molecule has 0 aliphatic rings. The molecule has 0 aromatic carbocycles. The molecule has 0 nitrogen and oxygen atoms in total. The summed E-state index contributed by atoms with van der Waals surface area (Å²) in [5.74, 6) is 3.34. The first-order valence-electron chi connectivity index (χ1n) is 3.10. The molecule has 0 aliphatic heterocycles. The van der Waals surface area contributed by atoms with Crippen LogP contribution in [0, 0.1) is 0 Å². The van der Waals surface area contributed by atoms with E-state index >= 15 is 0 Å². The van der Waals surface area contributed by atoms with Crippen LogP contribution in [0.1, 0.15) is 0 Å². The van der Waals surface area contributed by atoms with E-state index in [1.165, 1.54) is 0 Å². The van der Waals surface area contributed by atoms with Crippen LogP contribution in [-0.4, -0.2) is 35.3 Å². The molecule has 0 spiro atoms. The molecule has 0 heterocycles. The van der Waals surface area contributed by atoms with E-state index < -0.39 is 0 Å². The van der Waals surface area contributed by atoms with Crippen LogP contribution in [-0.2, 0) is 0 Å². The Kier molecular flexibility index (Phi) is 47.2. The number of alkyl halides is 6. The molecule has 0 bridgehead atoms. The second kappa shape index (κ2) is 29.3. The fourth-order valence-electron chi connectivity index (χ4n) is 0. The lowest BCUT2D eigenvalue weighted by molar-refractivity contribution is 1.52. The lowest BCUT2D eigenvalue weighted by Gasteiger charge is -1.63. The third-order valence-electron chi connectivity index (χ3n) is 0.214. The summed E-state index contributed by atoms with van der Waals surface area (Å²) in [6.07, 6.45) is 0. The number of hydrogen-bond acceptors (Lipinski definition) is 0. The molecule has 0 rings (SSSR count). The number of rotatable bonds is 3. The Bertz CT molecular complexity index is 27.5. The van der Waals surface area contributed by atoms with E-state index in [-0.39, 0.29) is 0 Å². The molecule has 0 radical (unpaired) electrons. The molecule has 6 heteroatoms. The van der Waals surface area contributed by atoms with Crippen LogP contribution in [0.3, 0.4) is 0 Å². The molecule has 0 saturated carbocycles. The van der Waals surface area contributed by atoms with E-state index in [4.69, 9.17) is 69.6 Å². The van der Waals surface area contributed by atoms with Gasteiger partial charge in [0, 0.05) is 35.3 Å². The van der Waals surface area contributed by atoms with Crippen molar-refractivity contribution in [3.63, 3.8) is 0 Å². The third kappa shape index (κ3) is 60.3. The van der Waals surface area contributed by atoms with E-state index in [2.05, 4.69) is 0 Å². The van der Waals surface area contributed by atoms with Gasteiger partial charge in [0.2, 0.25) is 0 Å². The Morgan fingerprint density at radius 3 is 0.417 bits per heavy atom. The third-order valence-corrected chi connectivity index (χ3v) is 1.93. The fraction of sp³-hybridized carbons (Fsp3) is 1.00. The standard InChI is InChI=1S/3C2H4Cl2/c3*3-1-2-4/h3*1-2H2. The molecule has 12 heavy (non-hydrogen) atoms. The van der Waals surface area contributed by atoms with Gasteiger partial charge in [0.05, 0.1) is 0 Å². The second-order valence-corrected chi connectivity index (χ2v) is 3.40. The summed E-state index contributed by atoms with van der Waals surface area (Å²) in [4.78, 5) is 0. The van der Waals surface area contributed by atoms with Gasteiger partial charge in [-0.25, -0.2) is 0 Å². The van der Waals surface area contributed by atoms with Gasteiger partial charge >= 0.3 is 0 Å². The average Bonchev–Trinajstić information content (AvgIpc) is 2.18. The van der Waals surface area contributed by atoms with Gasteiger partial charge in [0.25, 0.3) is 0 Å². The van der Waals surface area contributed by atoms with E-state index in [0.717, 1.165) is 0 Å². The highest BCUT2D eigenvalue weighted by Crippen LogP contribution is 1.75. The molecule has 0 aliphatic carbocycles. The maximum Gasteiger partial charge on any atom is 0.0359 e. The molecule has 0 fully saturated rings. The zero-order chi connectivity index (χ0) is 10.2. The molecule has 0 unspecified atom stereocenters. The van der Waals surface area contributed by atoms with Crippen molar-refractivity contribution in [3.05, 3.63) is 0 Å². The van der Waals surface area contributed by atoms with Crippen LogP contribution in [0.5, 0.6) is 0 Å². The topological polar surface area (TPSA) is 0 Å². The highest BCUT2D eigenvalue weighted by molar-refractivity contribution is 6.26. The minimum absolute atomic E-state index is 0.557. The Balaban J connectivity index is -0.000000101. The zero-order valence-corrected chi connectivity index (χ0v) is 11.0. The first-order valence-corrected chi connectivity index (χ1v) is 6.31. The highest BCUT2D eigenvalue weighted by atomic mass is 35.5. The Hall–Kier alpha value is 1.74. The van der Waals surface area contributed by atoms with E-state index in [1.54, 1.807) is 0 Å². The van der Waals surface area contributed by atoms with Crippen molar-refractivity contribution in [2.24, 2.45) is 0 Å². The van der Waals surface area contributed by atoms with Gasteiger partial charge in [-0.05, 0) is 0 Å². The quantitative estimate of drug-likeness (QED) is 0.678. The van der Waals surface area contributed by atoms with Crippen molar-refractivity contribution in [2.75, 3.05) is 35.3 Å². The van der Waals surface area contributed by atoms with Gasteiger partial charge in [-0.1, -0.05) is 0 Å². The lowest BCUT2D eigenvalue weighted by atomic mass is 11.0. The number of hydrogen-bond donors (Lipinski definition) is 0. The van der Waals surface area contributed by atoms with Crippen molar-refractivity contribution in [1.29, 1.82) is 0 Å². The Labute approximate surface area is 104 Å². The Morgan fingerprint density at radius 1 is 0.333 bits per heavy atom. The minimum atomic E-state index is 0.557. The van der Waals surface area contributed by atoms with Crippen LogP contribution < -0.4 is 0 Å². The predicted octanol–water partition coefficient (Wildman–Crippen LogP) is 4.39. The van der Waals surface area contributed by atoms with Gasteiger partial charge in [0.15, 0.2) is 0 Å². The summed E-state index contributed by atoms with van der Waals surface area (Å²) in [5.41, 5.74) is 0. The van der Waals surface area contributed by atoms with Crippen molar-refractivity contribution in [2.45, 2.75) is 0 Å². The summed E-state index contributed by atoms with van der Waals surface area (Å²) in [6, 6.07) is 0. The van der Waals surface area contributed by atoms with Crippen molar-refractivity contribution in [3.8, 4) is 0 Å². The average molecular weight is 297 g/mol. The van der Waals surface area contributed by atoms with E-state index in [0.29, 0.717) is 35.3 Å². The van der Waals surface area contributed by atoms with Gasteiger partial charge < -0.3 is 0 Å². The van der Waals surface area contributed by atoms with Crippen molar-refractivity contribution < 1.29 is 0 Å². The smallest absolute Gasteiger partial charge is 0.0359 e. The first-order chi connectivity index (χ1) is 5.74. The van der Waals surface area contributed by atoms with Crippen LogP contribution in [0.2, 0.25) is 0 Å². The molecule has 0 saturated heterocycles. The molecule has 0 aromatic heterocycles. The monoisotopic (exact) mass is 294 g/mol. The highest BCUT2D eigenvalue weighted by Gasteiger charge is 1.62. The first kappa shape index (κ1) is 19.3. The van der Waals surface area contributed by atoms with Gasteiger partial charge in [0.1, 0.15) is 0 Å². The van der Waals surface area contributed by atoms with Crippen LogP contribution in [0.25, 0.3) is 0 Å². The molecular weight excluding hydrogens is 285 g/mol. The summed E-state index contributed by atoms with van der Waals surface area (Å²) in [5, 5.41) is 0. The lowest BCUT2D eigenvalue weighted by Crippen LogP contribution is -1.63. The van der Waals surface area contributed by atoms with Crippen molar-refractivity contribution >= 4 is 69.6 Å². The minimum Gasteiger partial charge on any atom is -0.125 e. The SMILES string of the molecule is ClCCCl.ClCCCl.ClCCCl. The van der Waals surface area contributed by atoms with E-state index in [9.17, 15) is 0 Å². The maximum atomic E-state index is 5.05. The second-order valence-electron chi connectivity index (χ2n) is 1.13. The van der Waals surface area contributed by atoms with Crippen LogP contribution in [0.4, 0.5) is 0 Å². The number of halogens is 6. The van der Waals surface area contributed by atoms with Crippen LogP contribution >= 0.6 is 69.6 Å². The van der Waals surface area contributed by atoms with Crippen LogP contribution in [0.15, 0.2) is 0 Å².